The molecule has 2 aromatic carbocycles. The second-order valence-corrected chi connectivity index (χ2v) is 5.80. The fourth-order valence-corrected chi connectivity index (χ4v) is 2.75. The van der Waals surface area contributed by atoms with Gasteiger partial charge < -0.3 is 0 Å². The molecule has 0 N–H and O–H groups in total. The maximum absolute atomic E-state index is 6.02. The Balaban J connectivity index is 1.78. The smallest absolute Gasteiger partial charge is 0.0720 e. The molecule has 0 unspecified atom stereocenters. The molecule has 1 aromatic heterocycles. The Morgan fingerprint density at radius 2 is 1.67 bits per heavy atom. The van der Waals surface area contributed by atoms with Crippen LogP contribution in [-0.2, 0) is 18.7 Å². The molecule has 0 aliphatic carbocycles. The summed E-state index contributed by atoms with van der Waals surface area (Å²) < 4.78 is 0. The number of rotatable bonds is 4. The molecule has 0 amide bonds. The molecule has 106 valence electrons. The molecule has 3 rings (SSSR count). The van der Waals surface area contributed by atoms with E-state index in [0.29, 0.717) is 5.88 Å². The quantitative estimate of drug-likeness (QED) is 0.586. The number of hydrogen-bond donors (Lipinski definition) is 0. The van der Waals surface area contributed by atoms with Gasteiger partial charge in [0.1, 0.15) is 0 Å². The first-order valence-corrected chi connectivity index (χ1v) is 7.85. The van der Waals surface area contributed by atoms with E-state index >= 15 is 0 Å². The Morgan fingerprint density at radius 3 is 2.52 bits per heavy atom. The Hall–Kier alpha value is -1.57. The molecule has 0 bridgehead atoms. The van der Waals surface area contributed by atoms with Gasteiger partial charge >= 0.3 is 0 Å². The summed E-state index contributed by atoms with van der Waals surface area (Å²) in [5, 5.41) is 1.84. The summed E-state index contributed by atoms with van der Waals surface area (Å²) in [5.41, 5.74) is 4.49. The predicted molar refractivity (Wildman–Crippen MR) is 90.2 cm³/mol. The van der Waals surface area contributed by atoms with Crippen molar-refractivity contribution in [3.05, 3.63) is 76.4 Å². The lowest BCUT2D eigenvalue weighted by Crippen LogP contribution is -1.95. The van der Waals surface area contributed by atoms with Crippen LogP contribution in [0.15, 0.2) is 54.6 Å². The second-order valence-electron chi connectivity index (χ2n) is 5.09. The monoisotopic (exact) mass is 315 g/mol. The first kappa shape index (κ1) is 14.4. The number of nitrogens with zero attached hydrogens (tertiary/aromatic N) is 1. The SMILES string of the molecule is ClCc1cccc(CCc2ccc3ccc(Cl)cc3n2)c1. The Kier molecular flexibility index (Phi) is 4.42. The molecule has 3 heteroatoms. The van der Waals surface area contributed by atoms with Gasteiger partial charge in [-0.2, -0.15) is 0 Å². The largest absolute Gasteiger partial charge is 0.253 e. The fraction of sp³-hybridized carbons (Fsp3) is 0.167. The highest BCUT2D eigenvalue weighted by Gasteiger charge is 2.01. The number of benzene rings is 2. The molecule has 0 fully saturated rings. The van der Waals surface area contributed by atoms with E-state index in [1.165, 1.54) is 5.56 Å². The lowest BCUT2D eigenvalue weighted by atomic mass is 10.1. The summed E-state index contributed by atoms with van der Waals surface area (Å²) >= 11 is 11.9. The third-order valence-corrected chi connectivity index (χ3v) is 4.07. The molecule has 0 saturated carbocycles. The van der Waals surface area contributed by atoms with Crippen LogP contribution in [0.4, 0.5) is 0 Å². The highest BCUT2D eigenvalue weighted by atomic mass is 35.5. The summed E-state index contributed by atoms with van der Waals surface area (Å²) in [4.78, 5) is 4.68. The van der Waals surface area contributed by atoms with Crippen molar-refractivity contribution in [2.45, 2.75) is 18.7 Å². The van der Waals surface area contributed by atoms with Crippen LogP contribution >= 0.6 is 23.2 Å². The molecule has 1 nitrogen and oxygen atoms in total. The minimum atomic E-state index is 0.556. The van der Waals surface area contributed by atoms with E-state index in [0.717, 1.165) is 40.0 Å². The van der Waals surface area contributed by atoms with E-state index in [4.69, 9.17) is 23.2 Å². The van der Waals surface area contributed by atoms with Crippen molar-refractivity contribution in [3.63, 3.8) is 0 Å². The molecule has 0 spiro atoms. The zero-order valence-corrected chi connectivity index (χ0v) is 13.0. The standard InChI is InChI=1S/C18H15Cl2N/c19-12-14-3-1-2-13(10-14)4-8-17-9-6-15-5-7-16(20)11-18(15)21-17/h1-3,5-7,9-11H,4,8,12H2. The molecular weight excluding hydrogens is 301 g/mol. The summed E-state index contributed by atoms with van der Waals surface area (Å²) in [6.07, 6.45) is 1.87. The molecule has 21 heavy (non-hydrogen) atoms. The van der Waals surface area contributed by atoms with Crippen LogP contribution in [0.2, 0.25) is 5.02 Å². The normalized spacial score (nSPS) is 11.0. The highest BCUT2D eigenvalue weighted by molar-refractivity contribution is 6.31. The molecule has 0 aliphatic heterocycles. The zero-order valence-electron chi connectivity index (χ0n) is 11.5. The topological polar surface area (TPSA) is 12.9 Å². The fourth-order valence-electron chi connectivity index (χ4n) is 2.41. The predicted octanol–water partition coefficient (Wildman–Crippen LogP) is 5.41. The minimum Gasteiger partial charge on any atom is -0.253 e. The molecular formula is C18H15Cl2N. The van der Waals surface area contributed by atoms with Gasteiger partial charge in [0.05, 0.1) is 5.52 Å². The van der Waals surface area contributed by atoms with Crippen molar-refractivity contribution in [3.8, 4) is 0 Å². The van der Waals surface area contributed by atoms with E-state index < -0.39 is 0 Å². The van der Waals surface area contributed by atoms with E-state index in [1.54, 1.807) is 0 Å². The number of pyridine rings is 1. The summed E-state index contributed by atoms with van der Waals surface area (Å²) in [6, 6.07) is 18.4. The Bertz CT molecular complexity index is 768. The minimum absolute atomic E-state index is 0.556. The van der Waals surface area contributed by atoms with Crippen molar-refractivity contribution in [1.82, 2.24) is 4.98 Å². The molecule has 0 radical (unpaired) electrons. The van der Waals surface area contributed by atoms with Crippen molar-refractivity contribution >= 4 is 34.1 Å². The third kappa shape index (κ3) is 3.55. The van der Waals surface area contributed by atoms with Crippen molar-refractivity contribution in [2.75, 3.05) is 0 Å². The highest BCUT2D eigenvalue weighted by Crippen LogP contribution is 2.19. The average Bonchev–Trinajstić information content (AvgIpc) is 2.52. The van der Waals surface area contributed by atoms with Gasteiger partial charge in [0, 0.05) is 22.0 Å². The summed E-state index contributed by atoms with van der Waals surface area (Å²) in [7, 11) is 0. The van der Waals surface area contributed by atoms with E-state index in [1.807, 2.05) is 24.3 Å². The van der Waals surface area contributed by atoms with Crippen LogP contribution < -0.4 is 0 Å². The lowest BCUT2D eigenvalue weighted by molar-refractivity contribution is 0.921. The first-order valence-electron chi connectivity index (χ1n) is 6.93. The number of halogens is 2. The van der Waals surface area contributed by atoms with Crippen LogP contribution in [0.25, 0.3) is 10.9 Å². The number of fused-ring (bicyclic) bond motifs is 1. The molecule has 0 saturated heterocycles. The molecule has 0 atom stereocenters. The van der Waals surface area contributed by atoms with Gasteiger partial charge in [-0.15, -0.1) is 11.6 Å². The zero-order chi connectivity index (χ0) is 14.7. The Morgan fingerprint density at radius 1 is 0.857 bits per heavy atom. The van der Waals surface area contributed by atoms with Crippen LogP contribution in [-0.4, -0.2) is 4.98 Å². The van der Waals surface area contributed by atoms with Crippen LogP contribution in [0.3, 0.4) is 0 Å². The molecule has 1 heterocycles. The van der Waals surface area contributed by atoms with Gasteiger partial charge in [-0.1, -0.05) is 48.0 Å². The van der Waals surface area contributed by atoms with Crippen LogP contribution in [0.5, 0.6) is 0 Å². The molecule has 3 aromatic rings. The van der Waals surface area contributed by atoms with E-state index in [-0.39, 0.29) is 0 Å². The van der Waals surface area contributed by atoms with Crippen LogP contribution in [0.1, 0.15) is 16.8 Å². The van der Waals surface area contributed by atoms with Crippen molar-refractivity contribution in [1.29, 1.82) is 0 Å². The number of hydrogen-bond acceptors (Lipinski definition) is 1. The number of aryl methyl sites for hydroxylation is 2. The third-order valence-electron chi connectivity index (χ3n) is 3.53. The second kappa shape index (κ2) is 6.46. The van der Waals surface area contributed by atoms with Gasteiger partial charge in [-0.05, 0) is 42.2 Å². The molecule has 0 aliphatic rings. The van der Waals surface area contributed by atoms with E-state index in [2.05, 4.69) is 35.3 Å². The number of alkyl halides is 1. The van der Waals surface area contributed by atoms with Gasteiger partial charge in [-0.25, -0.2) is 0 Å². The maximum Gasteiger partial charge on any atom is 0.0720 e. The first-order chi connectivity index (χ1) is 10.2. The van der Waals surface area contributed by atoms with Crippen LogP contribution in [0, 0.1) is 0 Å². The van der Waals surface area contributed by atoms with Gasteiger partial charge in [-0.3, -0.25) is 4.98 Å². The lowest BCUT2D eigenvalue weighted by Gasteiger charge is -2.05. The van der Waals surface area contributed by atoms with Gasteiger partial charge in [0.15, 0.2) is 0 Å². The van der Waals surface area contributed by atoms with Gasteiger partial charge in [0.2, 0.25) is 0 Å². The maximum atomic E-state index is 6.02. The van der Waals surface area contributed by atoms with Crippen molar-refractivity contribution < 1.29 is 0 Å². The summed E-state index contributed by atoms with van der Waals surface area (Å²) in [6.45, 7) is 0. The Labute approximate surface area is 134 Å². The summed E-state index contributed by atoms with van der Waals surface area (Å²) in [5.74, 6) is 0.556. The average molecular weight is 316 g/mol. The van der Waals surface area contributed by atoms with Gasteiger partial charge in [0.25, 0.3) is 0 Å². The van der Waals surface area contributed by atoms with E-state index in [9.17, 15) is 0 Å². The van der Waals surface area contributed by atoms with Crippen molar-refractivity contribution in [2.24, 2.45) is 0 Å². The number of aromatic nitrogens is 1.